The highest BCUT2D eigenvalue weighted by atomic mass is 32.2. The number of carbonyl (C=O) groups excluding carboxylic acids is 1. The second kappa shape index (κ2) is 7.16. The van der Waals surface area contributed by atoms with Gasteiger partial charge in [-0.2, -0.15) is 8.42 Å². The molecular formula is C16H22N4O3S. The molecule has 1 aromatic heterocycles. The van der Waals surface area contributed by atoms with Crippen LogP contribution in [0, 0.1) is 6.92 Å². The number of benzene rings is 1. The molecule has 8 heteroatoms. The van der Waals surface area contributed by atoms with Crippen LogP contribution in [0.5, 0.6) is 0 Å². The average molecular weight is 350 g/mol. The van der Waals surface area contributed by atoms with Crippen molar-refractivity contribution in [3.63, 3.8) is 0 Å². The average Bonchev–Trinajstić information content (AvgIpc) is 2.93. The Morgan fingerprint density at radius 2 is 1.88 bits per heavy atom. The molecule has 0 radical (unpaired) electrons. The zero-order valence-corrected chi connectivity index (χ0v) is 14.8. The predicted molar refractivity (Wildman–Crippen MR) is 94.0 cm³/mol. The lowest BCUT2D eigenvalue weighted by Crippen LogP contribution is -2.32. The van der Waals surface area contributed by atoms with E-state index >= 15 is 0 Å². The van der Waals surface area contributed by atoms with Gasteiger partial charge < -0.3 is 10.2 Å². The fourth-order valence-corrected chi connectivity index (χ4v) is 3.18. The van der Waals surface area contributed by atoms with E-state index < -0.39 is 10.2 Å². The Balaban J connectivity index is 2.24. The van der Waals surface area contributed by atoms with Gasteiger partial charge in [-0.25, -0.2) is 9.11 Å². The Morgan fingerprint density at radius 3 is 2.38 bits per heavy atom. The van der Waals surface area contributed by atoms with Gasteiger partial charge >= 0.3 is 10.2 Å². The van der Waals surface area contributed by atoms with Crippen molar-refractivity contribution in [3.8, 4) is 11.1 Å². The van der Waals surface area contributed by atoms with Crippen LogP contribution in [0.25, 0.3) is 11.1 Å². The zero-order chi connectivity index (χ0) is 17.9. The third-order valence-corrected chi connectivity index (χ3v) is 4.80. The number of amides is 1. The van der Waals surface area contributed by atoms with Crippen molar-refractivity contribution in [2.45, 2.75) is 6.92 Å². The van der Waals surface area contributed by atoms with Crippen molar-refractivity contribution in [1.29, 1.82) is 0 Å². The molecule has 0 saturated carbocycles. The highest BCUT2D eigenvalue weighted by Gasteiger charge is 2.15. The molecule has 2 aromatic rings. The van der Waals surface area contributed by atoms with Gasteiger partial charge in [0.2, 0.25) is 0 Å². The maximum absolute atomic E-state index is 12.3. The number of likely N-dealkylation sites (N-methyl/N-ethyl adjacent to an activating group) is 2. The molecule has 24 heavy (non-hydrogen) atoms. The summed E-state index contributed by atoms with van der Waals surface area (Å²) in [4.78, 5) is 13.9. The lowest BCUT2D eigenvalue weighted by atomic mass is 10.0. The Hall–Kier alpha value is -2.16. The van der Waals surface area contributed by atoms with Gasteiger partial charge in [0.05, 0.1) is 0 Å². The fraction of sp³-hybridized carbons (Fsp3) is 0.312. The lowest BCUT2D eigenvalue weighted by molar-refractivity contribution is 0.0797. The second-order valence-electron chi connectivity index (χ2n) is 5.56. The van der Waals surface area contributed by atoms with Gasteiger partial charge in [-0.05, 0) is 37.7 Å². The number of nitrogens with one attached hydrogen (secondary N) is 1. The third kappa shape index (κ3) is 3.84. The van der Waals surface area contributed by atoms with Crippen molar-refractivity contribution >= 4 is 16.1 Å². The summed E-state index contributed by atoms with van der Waals surface area (Å²) in [5.41, 5.74) is 2.69. The minimum atomic E-state index is -3.81. The molecule has 0 aliphatic heterocycles. The number of hydrogen-bond donors (Lipinski definition) is 2. The minimum absolute atomic E-state index is 0.0596. The first-order valence-corrected chi connectivity index (χ1v) is 8.97. The quantitative estimate of drug-likeness (QED) is 0.805. The number of carbonyl (C=O) groups is 1. The predicted octanol–water partition coefficient (Wildman–Crippen LogP) is 0.807. The summed E-state index contributed by atoms with van der Waals surface area (Å²) in [6, 6.07) is 8.77. The smallest absolute Gasteiger partial charge is 0.302 e. The van der Waals surface area contributed by atoms with Gasteiger partial charge in [-0.1, -0.05) is 12.1 Å². The van der Waals surface area contributed by atoms with E-state index in [4.69, 9.17) is 5.14 Å². The van der Waals surface area contributed by atoms with Crippen molar-refractivity contribution in [2.75, 3.05) is 27.2 Å². The standard InChI is InChI=1S/C16H22N4O3S/c1-12-15(8-10-20(12)24(17,22)23)13-4-6-14(7-5-13)16(21)19(3)11-9-18-2/h4-8,10,18H,9,11H2,1-3H3,(H2,17,22,23). The molecule has 0 atom stereocenters. The Bertz CT molecular complexity index is 826. The molecule has 3 N–H and O–H groups in total. The van der Waals surface area contributed by atoms with E-state index in [1.807, 2.05) is 7.05 Å². The number of hydrogen-bond acceptors (Lipinski definition) is 4. The topological polar surface area (TPSA) is 97.4 Å². The van der Waals surface area contributed by atoms with Gasteiger partial charge in [0.25, 0.3) is 5.91 Å². The van der Waals surface area contributed by atoms with Crippen LogP contribution in [0.1, 0.15) is 16.1 Å². The van der Waals surface area contributed by atoms with Gasteiger partial charge in [0.15, 0.2) is 0 Å². The Morgan fingerprint density at radius 1 is 1.25 bits per heavy atom. The lowest BCUT2D eigenvalue weighted by Gasteiger charge is -2.17. The van der Waals surface area contributed by atoms with Crippen LogP contribution in [0.2, 0.25) is 0 Å². The minimum Gasteiger partial charge on any atom is -0.340 e. The molecular weight excluding hydrogens is 328 g/mol. The van der Waals surface area contributed by atoms with Crippen molar-refractivity contribution in [2.24, 2.45) is 5.14 Å². The molecule has 0 unspecified atom stereocenters. The number of nitrogens with zero attached hydrogens (tertiary/aromatic N) is 2. The molecule has 0 fully saturated rings. The highest BCUT2D eigenvalue weighted by molar-refractivity contribution is 7.87. The van der Waals surface area contributed by atoms with E-state index in [0.29, 0.717) is 17.8 Å². The first kappa shape index (κ1) is 18.2. The maximum atomic E-state index is 12.3. The molecule has 2 rings (SSSR count). The largest absolute Gasteiger partial charge is 0.340 e. The number of aromatic nitrogens is 1. The Kier molecular flexibility index (Phi) is 5.43. The zero-order valence-electron chi connectivity index (χ0n) is 14.0. The van der Waals surface area contributed by atoms with Crippen LogP contribution in [0.3, 0.4) is 0 Å². The molecule has 1 heterocycles. The molecule has 0 aliphatic rings. The van der Waals surface area contributed by atoms with Crippen molar-refractivity contribution in [1.82, 2.24) is 14.2 Å². The first-order valence-electron chi connectivity index (χ1n) is 7.47. The summed E-state index contributed by atoms with van der Waals surface area (Å²) in [5, 5.41) is 8.17. The number of rotatable bonds is 6. The SMILES string of the molecule is CNCCN(C)C(=O)c1ccc(-c2ccn(S(N)(=O)=O)c2C)cc1. The normalized spacial score (nSPS) is 11.5. The van der Waals surface area contributed by atoms with E-state index in [9.17, 15) is 13.2 Å². The van der Waals surface area contributed by atoms with Crippen molar-refractivity contribution in [3.05, 3.63) is 47.8 Å². The summed E-state index contributed by atoms with van der Waals surface area (Å²) in [7, 11) is -0.222. The highest BCUT2D eigenvalue weighted by Crippen LogP contribution is 2.25. The summed E-state index contributed by atoms with van der Waals surface area (Å²) in [6.45, 7) is 3.03. The van der Waals surface area contributed by atoms with Crippen LogP contribution in [-0.2, 0) is 10.2 Å². The van der Waals surface area contributed by atoms with Crippen LogP contribution in [0.4, 0.5) is 0 Å². The van der Waals surface area contributed by atoms with Gasteiger partial charge in [-0.15, -0.1) is 0 Å². The second-order valence-corrected chi connectivity index (χ2v) is 6.99. The third-order valence-electron chi connectivity index (χ3n) is 3.86. The van der Waals surface area contributed by atoms with Crippen molar-refractivity contribution < 1.29 is 13.2 Å². The van der Waals surface area contributed by atoms with Crippen LogP contribution >= 0.6 is 0 Å². The monoisotopic (exact) mass is 350 g/mol. The summed E-state index contributed by atoms with van der Waals surface area (Å²) in [6.07, 6.45) is 1.42. The molecule has 130 valence electrons. The molecule has 0 aliphatic carbocycles. The molecule has 0 bridgehead atoms. The number of nitrogens with two attached hydrogens (primary N) is 1. The molecule has 1 amide bonds. The molecule has 0 saturated heterocycles. The molecule has 0 spiro atoms. The van der Waals surface area contributed by atoms with E-state index in [1.165, 1.54) is 6.20 Å². The maximum Gasteiger partial charge on any atom is 0.302 e. The Labute approximate surface area is 142 Å². The van der Waals surface area contributed by atoms with Gasteiger partial charge in [0, 0.05) is 43.2 Å². The summed E-state index contributed by atoms with van der Waals surface area (Å²) < 4.78 is 24.0. The van der Waals surface area contributed by atoms with E-state index in [2.05, 4.69) is 5.32 Å². The fourth-order valence-electron chi connectivity index (χ4n) is 2.47. The first-order chi connectivity index (χ1) is 11.3. The van der Waals surface area contributed by atoms with E-state index in [1.54, 1.807) is 49.2 Å². The van der Waals surface area contributed by atoms with Crippen LogP contribution in [-0.4, -0.2) is 50.4 Å². The van der Waals surface area contributed by atoms with Crippen LogP contribution in [0.15, 0.2) is 36.5 Å². The van der Waals surface area contributed by atoms with E-state index in [-0.39, 0.29) is 5.91 Å². The summed E-state index contributed by atoms with van der Waals surface area (Å²) in [5.74, 6) is -0.0596. The van der Waals surface area contributed by atoms with Crippen LogP contribution < -0.4 is 10.5 Å². The summed E-state index contributed by atoms with van der Waals surface area (Å²) >= 11 is 0. The van der Waals surface area contributed by atoms with E-state index in [0.717, 1.165) is 21.6 Å². The molecule has 1 aromatic carbocycles. The molecule has 7 nitrogen and oxygen atoms in total. The van der Waals surface area contributed by atoms with Gasteiger partial charge in [0.1, 0.15) is 0 Å². The van der Waals surface area contributed by atoms with Gasteiger partial charge in [-0.3, -0.25) is 4.79 Å².